The molecule has 0 saturated heterocycles. The molecule has 2 amide bonds. The zero-order valence-corrected chi connectivity index (χ0v) is 17.5. The molecule has 0 aliphatic rings. The Balaban J connectivity index is 2.40. The summed E-state index contributed by atoms with van der Waals surface area (Å²) >= 11 is 2.48. The molecule has 0 aliphatic carbocycles. The summed E-state index contributed by atoms with van der Waals surface area (Å²) in [4.78, 5) is 30.5. The Morgan fingerprint density at radius 2 is 1.12 bits per heavy atom. The van der Waals surface area contributed by atoms with Crippen LogP contribution in [0.2, 0.25) is 0 Å². The zero-order chi connectivity index (χ0) is 19.1. The van der Waals surface area contributed by atoms with Crippen LogP contribution in [0.25, 0.3) is 10.8 Å². The molecule has 0 spiro atoms. The lowest BCUT2D eigenvalue weighted by Gasteiger charge is -2.20. The van der Waals surface area contributed by atoms with Crippen LogP contribution in [0.1, 0.15) is 27.7 Å². The van der Waals surface area contributed by atoms with E-state index >= 15 is 0 Å². The molecule has 0 aliphatic heterocycles. The number of fused-ring (bicyclic) bond motifs is 1. The molecular formula is C20H26N2O2S2. The lowest BCUT2D eigenvalue weighted by molar-refractivity contribution is 0.228. The Hall–Kier alpha value is -1.66. The van der Waals surface area contributed by atoms with Crippen LogP contribution in [0.4, 0.5) is 9.59 Å². The van der Waals surface area contributed by atoms with Crippen LogP contribution < -0.4 is 0 Å². The Kier molecular flexibility index (Phi) is 7.85. The minimum Gasteiger partial charge on any atom is -0.334 e. The molecule has 0 heterocycles. The molecule has 2 rings (SSSR count). The summed E-state index contributed by atoms with van der Waals surface area (Å²) in [7, 11) is 0. The van der Waals surface area contributed by atoms with E-state index in [-0.39, 0.29) is 10.5 Å². The molecule has 0 radical (unpaired) electrons. The number of carbonyl (C=O) groups excluding carboxylic acids is 2. The molecular weight excluding hydrogens is 364 g/mol. The predicted octanol–water partition coefficient (Wildman–Crippen LogP) is 5.95. The van der Waals surface area contributed by atoms with Gasteiger partial charge in [-0.15, -0.1) is 0 Å². The highest BCUT2D eigenvalue weighted by Crippen LogP contribution is 2.37. The van der Waals surface area contributed by atoms with Crippen molar-refractivity contribution in [3.63, 3.8) is 0 Å². The quantitative estimate of drug-likeness (QED) is 0.572. The normalized spacial score (nSPS) is 10.8. The summed E-state index contributed by atoms with van der Waals surface area (Å²) in [5, 5.41) is 2.10. The molecule has 4 nitrogen and oxygen atoms in total. The largest absolute Gasteiger partial charge is 0.334 e. The van der Waals surface area contributed by atoms with Crippen LogP contribution in [-0.4, -0.2) is 46.5 Å². The van der Waals surface area contributed by atoms with E-state index < -0.39 is 0 Å². The SMILES string of the molecule is CCN(CC)C(=O)Sc1cccc2cccc(SC(=O)N(CC)CC)c12. The highest BCUT2D eigenvalue weighted by Gasteiger charge is 2.18. The Morgan fingerprint density at radius 3 is 1.46 bits per heavy atom. The minimum atomic E-state index is 0.0392. The molecule has 2 aromatic rings. The van der Waals surface area contributed by atoms with Crippen LogP contribution in [0.15, 0.2) is 46.2 Å². The molecule has 0 saturated carbocycles. The number of hydrogen-bond acceptors (Lipinski definition) is 4. The smallest absolute Gasteiger partial charge is 0.286 e. The molecule has 6 heteroatoms. The number of benzene rings is 2. The van der Waals surface area contributed by atoms with Crippen molar-refractivity contribution in [2.24, 2.45) is 0 Å². The molecule has 0 N–H and O–H groups in total. The van der Waals surface area contributed by atoms with Crippen molar-refractivity contribution in [2.75, 3.05) is 26.2 Å². The van der Waals surface area contributed by atoms with Crippen molar-refractivity contribution in [3.8, 4) is 0 Å². The van der Waals surface area contributed by atoms with Gasteiger partial charge in [0.1, 0.15) is 0 Å². The fourth-order valence-electron chi connectivity index (χ4n) is 2.72. The predicted molar refractivity (Wildman–Crippen MR) is 112 cm³/mol. The average Bonchev–Trinajstić information content (AvgIpc) is 2.64. The van der Waals surface area contributed by atoms with Gasteiger partial charge in [0.05, 0.1) is 0 Å². The van der Waals surface area contributed by atoms with Crippen LogP contribution in [0, 0.1) is 0 Å². The monoisotopic (exact) mass is 390 g/mol. The molecule has 0 atom stereocenters. The van der Waals surface area contributed by atoms with Gasteiger partial charge in [0, 0.05) is 41.4 Å². The molecule has 0 bridgehead atoms. The van der Waals surface area contributed by atoms with Gasteiger partial charge in [0.2, 0.25) is 0 Å². The van der Waals surface area contributed by atoms with Gasteiger partial charge in [-0.1, -0.05) is 24.3 Å². The average molecular weight is 391 g/mol. The minimum absolute atomic E-state index is 0.0392. The third-order valence-corrected chi connectivity index (χ3v) is 6.25. The van der Waals surface area contributed by atoms with E-state index in [1.165, 1.54) is 23.5 Å². The highest BCUT2D eigenvalue weighted by molar-refractivity contribution is 8.14. The molecule has 0 unspecified atom stereocenters. The van der Waals surface area contributed by atoms with Crippen molar-refractivity contribution in [1.82, 2.24) is 9.80 Å². The van der Waals surface area contributed by atoms with Crippen molar-refractivity contribution < 1.29 is 9.59 Å². The van der Waals surface area contributed by atoms with Crippen LogP contribution >= 0.6 is 23.5 Å². The number of thioether (sulfide) groups is 2. The standard InChI is InChI=1S/C20H26N2O2S2/c1-5-21(6-2)19(23)25-16-13-9-11-15-12-10-14-17(18(15)16)26-20(24)22(7-3)8-4/h9-14H,5-8H2,1-4H3. The topological polar surface area (TPSA) is 40.6 Å². The van der Waals surface area contributed by atoms with E-state index in [4.69, 9.17) is 0 Å². The second-order valence-corrected chi connectivity index (χ2v) is 7.68. The second-order valence-electron chi connectivity index (χ2n) is 5.69. The maximum absolute atomic E-state index is 12.6. The van der Waals surface area contributed by atoms with Crippen molar-refractivity contribution >= 4 is 44.8 Å². The fourth-order valence-corrected chi connectivity index (χ4v) is 4.89. The Labute approximate surface area is 164 Å². The van der Waals surface area contributed by atoms with Crippen molar-refractivity contribution in [2.45, 2.75) is 37.5 Å². The molecule has 0 fully saturated rings. The first-order valence-electron chi connectivity index (χ1n) is 9.00. The maximum atomic E-state index is 12.6. The van der Waals surface area contributed by atoms with Gasteiger partial charge >= 0.3 is 0 Å². The summed E-state index contributed by atoms with van der Waals surface area (Å²) in [6.45, 7) is 10.7. The van der Waals surface area contributed by atoms with Crippen molar-refractivity contribution in [1.29, 1.82) is 0 Å². The van der Waals surface area contributed by atoms with Gasteiger partial charge < -0.3 is 9.80 Å². The third-order valence-electron chi connectivity index (χ3n) is 4.27. The van der Waals surface area contributed by atoms with Crippen molar-refractivity contribution in [3.05, 3.63) is 36.4 Å². The van der Waals surface area contributed by atoms with Gasteiger partial charge in [-0.05, 0) is 68.7 Å². The molecule has 26 heavy (non-hydrogen) atoms. The van der Waals surface area contributed by atoms with E-state index in [2.05, 4.69) is 0 Å². The lowest BCUT2D eigenvalue weighted by atomic mass is 10.1. The third kappa shape index (κ3) is 4.74. The number of nitrogens with zero attached hydrogens (tertiary/aromatic N) is 2. The molecule has 140 valence electrons. The van der Waals surface area contributed by atoms with E-state index in [0.717, 1.165) is 20.6 Å². The summed E-state index contributed by atoms with van der Waals surface area (Å²) in [5.41, 5.74) is 0. The van der Waals surface area contributed by atoms with E-state index in [9.17, 15) is 9.59 Å². The van der Waals surface area contributed by atoms with E-state index in [0.29, 0.717) is 26.2 Å². The van der Waals surface area contributed by atoms with Crippen LogP contribution in [-0.2, 0) is 0 Å². The van der Waals surface area contributed by atoms with Gasteiger partial charge in [0.15, 0.2) is 0 Å². The summed E-state index contributed by atoms with van der Waals surface area (Å²) in [6, 6.07) is 11.9. The van der Waals surface area contributed by atoms with E-state index in [1.54, 1.807) is 9.80 Å². The second kappa shape index (κ2) is 9.88. The molecule has 0 aromatic heterocycles. The first-order chi connectivity index (χ1) is 12.5. The first-order valence-corrected chi connectivity index (χ1v) is 10.6. The van der Waals surface area contributed by atoms with Gasteiger partial charge in [-0.2, -0.15) is 0 Å². The Morgan fingerprint density at radius 1 is 0.731 bits per heavy atom. The number of carbonyl (C=O) groups is 2. The van der Waals surface area contributed by atoms with Gasteiger partial charge in [-0.3, -0.25) is 9.59 Å². The zero-order valence-electron chi connectivity index (χ0n) is 15.8. The summed E-state index contributed by atoms with van der Waals surface area (Å²) in [6.07, 6.45) is 0. The van der Waals surface area contributed by atoms with Gasteiger partial charge in [0.25, 0.3) is 10.5 Å². The maximum Gasteiger partial charge on any atom is 0.286 e. The Bertz CT molecular complexity index is 711. The number of hydrogen-bond donors (Lipinski definition) is 0. The number of amides is 2. The summed E-state index contributed by atoms with van der Waals surface area (Å²) < 4.78 is 0. The van der Waals surface area contributed by atoms with Crippen LogP contribution in [0.3, 0.4) is 0 Å². The first kappa shape index (κ1) is 20.6. The van der Waals surface area contributed by atoms with Crippen LogP contribution in [0.5, 0.6) is 0 Å². The summed E-state index contributed by atoms with van der Waals surface area (Å²) in [5.74, 6) is 0. The number of rotatable bonds is 6. The highest BCUT2D eigenvalue weighted by atomic mass is 32.2. The lowest BCUT2D eigenvalue weighted by Crippen LogP contribution is -2.27. The molecule has 2 aromatic carbocycles. The van der Waals surface area contributed by atoms with Gasteiger partial charge in [-0.25, -0.2) is 0 Å². The fraction of sp³-hybridized carbons (Fsp3) is 0.400. The van der Waals surface area contributed by atoms with E-state index in [1.807, 2.05) is 64.1 Å².